The van der Waals surface area contributed by atoms with E-state index in [9.17, 15) is 4.79 Å². The van der Waals surface area contributed by atoms with Crippen molar-refractivity contribution in [2.45, 2.75) is 37.6 Å². The molecular weight excluding hydrogens is 312 g/mol. The molecule has 4 atom stereocenters. The third-order valence-corrected chi connectivity index (χ3v) is 6.52. The van der Waals surface area contributed by atoms with Crippen LogP contribution in [0, 0.1) is 5.92 Å². The van der Waals surface area contributed by atoms with Crippen LogP contribution in [0.25, 0.3) is 10.9 Å². The highest BCUT2D eigenvalue weighted by molar-refractivity contribution is 5.96. The van der Waals surface area contributed by atoms with Gasteiger partial charge in [0.1, 0.15) is 5.41 Å². The van der Waals surface area contributed by atoms with Crippen LogP contribution in [0.3, 0.4) is 0 Å². The van der Waals surface area contributed by atoms with Crippen molar-refractivity contribution in [2.75, 3.05) is 20.2 Å². The summed E-state index contributed by atoms with van der Waals surface area (Å²) < 4.78 is 5.44. The highest BCUT2D eigenvalue weighted by Gasteiger charge is 2.60. The number of carbonyl (C=O) groups is 1. The van der Waals surface area contributed by atoms with Gasteiger partial charge in [-0.1, -0.05) is 36.8 Å². The number of para-hydroxylation sites is 1. The van der Waals surface area contributed by atoms with Crippen LogP contribution in [-0.2, 0) is 21.4 Å². The van der Waals surface area contributed by atoms with E-state index in [1.165, 1.54) is 22.2 Å². The Kier molecular flexibility index (Phi) is 3.17. The zero-order valence-corrected chi connectivity index (χ0v) is 14.8. The van der Waals surface area contributed by atoms with Gasteiger partial charge in [0.15, 0.2) is 0 Å². The molecule has 2 aromatic rings. The third kappa shape index (κ3) is 1.83. The number of carbonyl (C=O) groups excluding carboxylic acids is 1. The number of nitrogens with one attached hydrogen (secondary N) is 1. The van der Waals surface area contributed by atoms with Gasteiger partial charge < -0.3 is 9.72 Å². The minimum atomic E-state index is -0.580. The monoisotopic (exact) mass is 336 g/mol. The molecule has 4 heteroatoms. The lowest BCUT2D eigenvalue weighted by Gasteiger charge is -2.54. The molecule has 0 saturated carbocycles. The maximum Gasteiger partial charge on any atom is 0.318 e. The van der Waals surface area contributed by atoms with E-state index in [1.807, 2.05) is 0 Å². The molecule has 1 aliphatic carbocycles. The van der Waals surface area contributed by atoms with Gasteiger partial charge >= 0.3 is 5.97 Å². The lowest BCUT2D eigenvalue weighted by atomic mass is 9.59. The molecular formula is C21H24N2O2. The molecule has 4 aliphatic rings. The second-order valence-electron chi connectivity index (χ2n) is 7.69. The summed E-state index contributed by atoms with van der Waals surface area (Å²) in [6, 6.07) is 8.53. The van der Waals surface area contributed by atoms with Gasteiger partial charge in [0.25, 0.3) is 0 Å². The van der Waals surface area contributed by atoms with Crippen molar-refractivity contribution in [3.63, 3.8) is 0 Å². The summed E-state index contributed by atoms with van der Waals surface area (Å²) >= 11 is 0. The first-order valence-corrected chi connectivity index (χ1v) is 9.32. The van der Waals surface area contributed by atoms with Gasteiger partial charge in [0, 0.05) is 36.1 Å². The first kappa shape index (κ1) is 15.2. The van der Waals surface area contributed by atoms with Crippen LogP contribution in [0.1, 0.15) is 31.0 Å². The number of H-pyrrole nitrogens is 1. The van der Waals surface area contributed by atoms with Gasteiger partial charge in [-0.05, 0) is 30.4 Å². The van der Waals surface area contributed by atoms with Crippen LogP contribution in [0.15, 0.2) is 35.9 Å². The summed E-state index contributed by atoms with van der Waals surface area (Å²) in [6.07, 6.45) is 5.25. The zero-order valence-electron chi connectivity index (χ0n) is 14.8. The van der Waals surface area contributed by atoms with Crippen molar-refractivity contribution in [2.24, 2.45) is 5.92 Å². The number of ether oxygens (including phenoxy) is 1. The van der Waals surface area contributed by atoms with Gasteiger partial charge in [0.05, 0.1) is 13.2 Å². The first-order valence-electron chi connectivity index (χ1n) is 9.32. The van der Waals surface area contributed by atoms with Crippen molar-refractivity contribution in [3.05, 3.63) is 47.2 Å². The average Bonchev–Trinajstić information content (AvgIpc) is 2.99. The number of hydrogen-bond donors (Lipinski definition) is 1. The molecule has 0 spiro atoms. The maximum atomic E-state index is 13.3. The van der Waals surface area contributed by atoms with E-state index in [2.05, 4.69) is 47.1 Å². The molecule has 1 unspecified atom stereocenters. The summed E-state index contributed by atoms with van der Waals surface area (Å²) in [6.45, 7) is 4.27. The van der Waals surface area contributed by atoms with E-state index in [0.717, 1.165) is 37.9 Å². The molecule has 1 aromatic carbocycles. The number of methoxy groups -OCH3 is 1. The fourth-order valence-electron chi connectivity index (χ4n) is 5.76. The van der Waals surface area contributed by atoms with Crippen LogP contribution >= 0.6 is 0 Å². The number of piperidine rings is 1. The molecule has 4 bridgehead atoms. The van der Waals surface area contributed by atoms with Crippen LogP contribution in [0.5, 0.6) is 0 Å². The molecule has 0 radical (unpaired) electrons. The third-order valence-electron chi connectivity index (χ3n) is 6.52. The van der Waals surface area contributed by atoms with Crippen LogP contribution in [-0.4, -0.2) is 42.1 Å². The smallest absolute Gasteiger partial charge is 0.318 e. The van der Waals surface area contributed by atoms with Crippen molar-refractivity contribution in [1.29, 1.82) is 0 Å². The SMILES string of the molecule is CCC1=C[C@@H]2CN3CCc4[nH]c5ccccc5c4[C@@](C(=O)OC)(C2)[C@@H]13. The number of hydrogen-bond acceptors (Lipinski definition) is 3. The summed E-state index contributed by atoms with van der Waals surface area (Å²) in [5.41, 5.74) is 4.38. The van der Waals surface area contributed by atoms with Crippen molar-refractivity contribution in [3.8, 4) is 0 Å². The van der Waals surface area contributed by atoms with E-state index in [4.69, 9.17) is 4.74 Å². The Morgan fingerprint density at radius 3 is 3.04 bits per heavy atom. The topological polar surface area (TPSA) is 45.3 Å². The zero-order chi connectivity index (χ0) is 17.2. The second-order valence-corrected chi connectivity index (χ2v) is 7.69. The summed E-state index contributed by atoms with van der Waals surface area (Å²) in [7, 11) is 1.54. The van der Waals surface area contributed by atoms with Crippen molar-refractivity contribution in [1.82, 2.24) is 9.88 Å². The van der Waals surface area contributed by atoms with E-state index >= 15 is 0 Å². The normalized spacial score (nSPS) is 32.9. The Hall–Kier alpha value is -2.07. The summed E-state index contributed by atoms with van der Waals surface area (Å²) in [4.78, 5) is 19.5. The van der Waals surface area contributed by atoms with Gasteiger partial charge in [-0.15, -0.1) is 0 Å². The van der Waals surface area contributed by atoms with E-state index in [-0.39, 0.29) is 12.0 Å². The molecule has 1 fully saturated rings. The lowest BCUT2D eigenvalue weighted by Crippen LogP contribution is -2.63. The number of rotatable bonds is 2. The van der Waals surface area contributed by atoms with Crippen LogP contribution in [0.4, 0.5) is 0 Å². The van der Waals surface area contributed by atoms with Crippen LogP contribution in [0.2, 0.25) is 0 Å². The molecule has 1 aromatic heterocycles. The van der Waals surface area contributed by atoms with Gasteiger partial charge in [-0.2, -0.15) is 0 Å². The van der Waals surface area contributed by atoms with E-state index in [0.29, 0.717) is 5.92 Å². The Morgan fingerprint density at radius 2 is 2.24 bits per heavy atom. The van der Waals surface area contributed by atoms with E-state index in [1.54, 1.807) is 7.11 Å². The highest BCUT2D eigenvalue weighted by atomic mass is 16.5. The van der Waals surface area contributed by atoms with Gasteiger partial charge in [-0.25, -0.2) is 0 Å². The molecule has 4 nitrogen and oxygen atoms in total. The molecule has 1 N–H and O–H groups in total. The predicted molar refractivity (Wildman–Crippen MR) is 97.5 cm³/mol. The molecule has 6 rings (SSSR count). The average molecular weight is 336 g/mol. The van der Waals surface area contributed by atoms with Gasteiger partial charge in [0.2, 0.25) is 0 Å². The van der Waals surface area contributed by atoms with E-state index < -0.39 is 5.41 Å². The second kappa shape index (κ2) is 5.21. The molecule has 25 heavy (non-hydrogen) atoms. The van der Waals surface area contributed by atoms with Crippen molar-refractivity contribution < 1.29 is 9.53 Å². The quantitative estimate of drug-likeness (QED) is 0.677. The minimum absolute atomic E-state index is 0.0702. The Bertz CT molecular complexity index is 896. The van der Waals surface area contributed by atoms with Crippen LogP contribution < -0.4 is 0 Å². The number of aromatic amines is 1. The number of aromatic nitrogens is 1. The van der Waals surface area contributed by atoms with Gasteiger partial charge in [-0.3, -0.25) is 9.69 Å². The molecule has 3 aliphatic heterocycles. The number of fused-ring (bicyclic) bond motifs is 3. The number of esters is 1. The molecule has 1 saturated heterocycles. The van der Waals surface area contributed by atoms with Crippen molar-refractivity contribution >= 4 is 16.9 Å². The fourth-order valence-corrected chi connectivity index (χ4v) is 5.76. The standard InChI is InChI=1S/C21H24N2O2/c1-3-14-10-13-11-21(20(24)25-2)18-15-6-4-5-7-16(15)22-17(18)8-9-23(12-13)19(14)21/h4-7,10,13,19,22H,3,8-9,11-12H2,1-2H3/t13-,19+,21-/m0/s1. The number of benzene rings is 1. The molecule has 130 valence electrons. The predicted octanol–water partition coefficient (Wildman–Crippen LogP) is 3.18. The first-order chi connectivity index (χ1) is 12.2. The lowest BCUT2D eigenvalue weighted by molar-refractivity contribution is -0.153. The molecule has 0 amide bonds. The Morgan fingerprint density at radius 1 is 1.40 bits per heavy atom. The maximum absolute atomic E-state index is 13.3. The summed E-state index contributed by atoms with van der Waals surface area (Å²) in [5, 5.41) is 1.19. The molecule has 4 heterocycles. The highest BCUT2D eigenvalue weighted by Crippen LogP contribution is 2.53. The number of nitrogens with zero attached hydrogens (tertiary/aromatic N) is 1. The minimum Gasteiger partial charge on any atom is -0.468 e. The Balaban J connectivity index is 1.86. The summed E-state index contributed by atoms with van der Waals surface area (Å²) in [5.74, 6) is 0.359. The fraction of sp³-hybridized carbons (Fsp3) is 0.476. The largest absolute Gasteiger partial charge is 0.468 e. The Labute approximate surface area is 147 Å².